The maximum absolute atomic E-state index is 12.8. The molecule has 0 bridgehead atoms. The minimum absolute atomic E-state index is 0.0127. The van der Waals surface area contributed by atoms with Crippen molar-refractivity contribution in [1.29, 1.82) is 0 Å². The van der Waals surface area contributed by atoms with E-state index in [9.17, 15) is 9.59 Å². The van der Waals surface area contributed by atoms with Crippen molar-refractivity contribution in [3.8, 4) is 5.75 Å². The molecule has 1 amide bonds. The highest BCUT2D eigenvalue weighted by atomic mass is 16.5. The van der Waals surface area contributed by atoms with Crippen LogP contribution in [0.5, 0.6) is 5.75 Å². The Bertz CT molecular complexity index is 1130. The van der Waals surface area contributed by atoms with Crippen molar-refractivity contribution in [2.24, 2.45) is 0 Å². The van der Waals surface area contributed by atoms with Crippen molar-refractivity contribution in [1.82, 2.24) is 4.90 Å². The standard InChI is InChI=1S/C25H28N2O4/c1-3-6-20-22(30-2)12-9-18-15-21(25(29)31-23(18)20)24(28)26-19-10-7-17(8-11-19)16-27-13-4-5-14-27/h7-12,15H,3-6,13-14,16H2,1-2H3,(H,26,28). The number of carbonyl (C=O) groups excluding carboxylic acids is 1. The largest absolute Gasteiger partial charge is 0.496 e. The quantitative estimate of drug-likeness (QED) is 0.566. The first-order valence-electron chi connectivity index (χ1n) is 10.9. The molecule has 0 saturated carbocycles. The van der Waals surface area contributed by atoms with E-state index in [4.69, 9.17) is 9.15 Å². The third-order valence-electron chi connectivity index (χ3n) is 5.74. The molecular formula is C25H28N2O4. The zero-order chi connectivity index (χ0) is 21.8. The van der Waals surface area contributed by atoms with Crippen LogP contribution in [0.2, 0.25) is 0 Å². The van der Waals surface area contributed by atoms with Crippen molar-refractivity contribution >= 4 is 22.6 Å². The van der Waals surface area contributed by atoms with E-state index in [-0.39, 0.29) is 5.56 Å². The van der Waals surface area contributed by atoms with E-state index in [0.717, 1.165) is 38.0 Å². The number of methoxy groups -OCH3 is 1. The van der Waals surface area contributed by atoms with Gasteiger partial charge in [-0.05, 0) is 68.2 Å². The summed E-state index contributed by atoms with van der Waals surface area (Å²) in [6, 6.07) is 13.0. The van der Waals surface area contributed by atoms with Gasteiger partial charge in [0.1, 0.15) is 16.9 Å². The van der Waals surface area contributed by atoms with E-state index in [1.54, 1.807) is 19.2 Å². The molecule has 31 heavy (non-hydrogen) atoms. The molecule has 6 nitrogen and oxygen atoms in total. The summed E-state index contributed by atoms with van der Waals surface area (Å²) in [6.07, 6.45) is 4.12. The Morgan fingerprint density at radius 2 is 1.87 bits per heavy atom. The lowest BCUT2D eigenvalue weighted by Gasteiger charge is -2.14. The highest BCUT2D eigenvalue weighted by Crippen LogP contribution is 2.29. The summed E-state index contributed by atoms with van der Waals surface area (Å²) < 4.78 is 11.0. The molecule has 1 aliphatic heterocycles. The van der Waals surface area contributed by atoms with Gasteiger partial charge in [-0.2, -0.15) is 0 Å². The Balaban J connectivity index is 1.54. The van der Waals surface area contributed by atoms with Crippen LogP contribution >= 0.6 is 0 Å². The van der Waals surface area contributed by atoms with Gasteiger partial charge in [0.25, 0.3) is 5.91 Å². The number of nitrogens with zero attached hydrogens (tertiary/aromatic N) is 1. The normalized spacial score (nSPS) is 14.1. The summed E-state index contributed by atoms with van der Waals surface area (Å²) in [7, 11) is 1.59. The molecule has 6 heteroatoms. The number of benzene rings is 2. The third-order valence-corrected chi connectivity index (χ3v) is 5.74. The molecular weight excluding hydrogens is 392 g/mol. The van der Waals surface area contributed by atoms with Gasteiger partial charge in [-0.1, -0.05) is 25.5 Å². The number of ether oxygens (including phenoxy) is 1. The predicted octanol–water partition coefficient (Wildman–Crippen LogP) is 4.60. The Morgan fingerprint density at radius 1 is 1.13 bits per heavy atom. The van der Waals surface area contributed by atoms with E-state index in [1.807, 2.05) is 30.3 Å². The zero-order valence-electron chi connectivity index (χ0n) is 18.1. The van der Waals surface area contributed by atoms with Crippen LogP contribution in [-0.4, -0.2) is 31.0 Å². The molecule has 1 aliphatic rings. The number of aryl methyl sites for hydroxylation is 1. The molecule has 1 saturated heterocycles. The Kier molecular flexibility index (Phi) is 6.37. The van der Waals surface area contributed by atoms with Crippen molar-refractivity contribution in [3.63, 3.8) is 0 Å². The molecule has 0 unspecified atom stereocenters. The zero-order valence-corrected chi connectivity index (χ0v) is 18.1. The highest BCUT2D eigenvalue weighted by Gasteiger charge is 2.18. The minimum Gasteiger partial charge on any atom is -0.496 e. The maximum atomic E-state index is 12.8. The van der Waals surface area contributed by atoms with Gasteiger partial charge in [-0.15, -0.1) is 0 Å². The Hall–Kier alpha value is -3.12. The number of fused-ring (bicyclic) bond motifs is 1. The van der Waals surface area contributed by atoms with Crippen LogP contribution in [0.15, 0.2) is 51.7 Å². The first-order valence-corrected chi connectivity index (χ1v) is 10.9. The maximum Gasteiger partial charge on any atom is 0.349 e. The topological polar surface area (TPSA) is 71.8 Å². The molecule has 0 spiro atoms. The number of hydrogen-bond donors (Lipinski definition) is 1. The third kappa shape index (κ3) is 4.64. The predicted molar refractivity (Wildman–Crippen MR) is 122 cm³/mol. The number of likely N-dealkylation sites (tertiary alicyclic amines) is 1. The molecule has 162 valence electrons. The fourth-order valence-electron chi connectivity index (χ4n) is 4.15. The van der Waals surface area contributed by atoms with Crippen molar-refractivity contribution in [3.05, 3.63) is 69.6 Å². The lowest BCUT2D eigenvalue weighted by Crippen LogP contribution is -2.21. The second-order valence-corrected chi connectivity index (χ2v) is 8.00. The summed E-state index contributed by atoms with van der Waals surface area (Å²) in [5, 5.41) is 3.51. The summed E-state index contributed by atoms with van der Waals surface area (Å²) in [4.78, 5) is 27.8. The number of carbonyl (C=O) groups is 1. The first kappa shape index (κ1) is 21.1. The number of nitrogens with one attached hydrogen (secondary N) is 1. The average molecular weight is 421 g/mol. The first-order chi connectivity index (χ1) is 15.1. The molecule has 4 rings (SSSR count). The van der Waals surface area contributed by atoms with Gasteiger partial charge in [-0.25, -0.2) is 4.79 Å². The van der Waals surface area contributed by atoms with Gasteiger partial charge in [0.2, 0.25) is 0 Å². The van der Waals surface area contributed by atoms with E-state index >= 15 is 0 Å². The Labute approximate surface area is 181 Å². The molecule has 2 aromatic carbocycles. The van der Waals surface area contributed by atoms with Crippen molar-refractivity contribution < 1.29 is 13.9 Å². The van der Waals surface area contributed by atoms with Gasteiger partial charge in [0.05, 0.1) is 7.11 Å². The van der Waals surface area contributed by atoms with Crippen LogP contribution in [0, 0.1) is 0 Å². The van der Waals surface area contributed by atoms with Crippen LogP contribution in [-0.2, 0) is 13.0 Å². The van der Waals surface area contributed by atoms with E-state index in [1.165, 1.54) is 18.4 Å². The molecule has 0 atom stereocenters. The fraction of sp³-hybridized carbons (Fsp3) is 0.360. The summed E-state index contributed by atoms with van der Waals surface area (Å²) in [6.45, 7) is 5.25. The van der Waals surface area contributed by atoms with Crippen molar-refractivity contribution in [2.45, 2.75) is 39.2 Å². The van der Waals surface area contributed by atoms with Crippen LogP contribution in [0.3, 0.4) is 0 Å². The minimum atomic E-state index is -0.652. The van der Waals surface area contributed by atoms with Gasteiger partial charge in [0.15, 0.2) is 0 Å². The van der Waals surface area contributed by atoms with Crippen LogP contribution in [0.25, 0.3) is 11.0 Å². The summed E-state index contributed by atoms with van der Waals surface area (Å²) >= 11 is 0. The SMILES string of the molecule is CCCc1c(OC)ccc2cc(C(=O)Nc3ccc(CN4CCCC4)cc3)c(=O)oc12. The monoisotopic (exact) mass is 420 g/mol. The molecule has 0 aliphatic carbocycles. The Morgan fingerprint density at radius 3 is 2.55 bits per heavy atom. The second kappa shape index (κ2) is 9.35. The smallest absolute Gasteiger partial charge is 0.349 e. The lowest BCUT2D eigenvalue weighted by molar-refractivity contribution is 0.102. The van der Waals surface area contributed by atoms with Gasteiger partial charge < -0.3 is 14.5 Å². The molecule has 1 fully saturated rings. The van der Waals surface area contributed by atoms with Crippen LogP contribution < -0.4 is 15.7 Å². The molecule has 1 N–H and O–H groups in total. The molecule has 2 heterocycles. The lowest BCUT2D eigenvalue weighted by atomic mass is 10.0. The molecule has 3 aromatic rings. The summed E-state index contributed by atoms with van der Waals surface area (Å²) in [5.74, 6) is 0.208. The van der Waals surface area contributed by atoms with E-state index < -0.39 is 11.5 Å². The number of anilines is 1. The molecule has 0 radical (unpaired) electrons. The second-order valence-electron chi connectivity index (χ2n) is 8.00. The highest BCUT2D eigenvalue weighted by molar-refractivity contribution is 6.05. The van der Waals surface area contributed by atoms with Crippen LogP contribution in [0.1, 0.15) is 47.7 Å². The molecule has 1 aromatic heterocycles. The number of amides is 1. The average Bonchev–Trinajstić information content (AvgIpc) is 3.28. The van der Waals surface area contributed by atoms with E-state index in [2.05, 4.69) is 17.1 Å². The van der Waals surface area contributed by atoms with Crippen molar-refractivity contribution in [2.75, 3.05) is 25.5 Å². The summed E-state index contributed by atoms with van der Waals surface area (Å²) in [5.41, 5.74) is 2.52. The van der Waals surface area contributed by atoms with E-state index in [0.29, 0.717) is 22.4 Å². The fourth-order valence-corrected chi connectivity index (χ4v) is 4.15. The van der Waals surface area contributed by atoms with Gasteiger partial charge in [0, 0.05) is 23.2 Å². The number of hydrogen-bond acceptors (Lipinski definition) is 5. The van der Waals surface area contributed by atoms with Gasteiger partial charge in [-0.3, -0.25) is 9.69 Å². The van der Waals surface area contributed by atoms with Gasteiger partial charge >= 0.3 is 5.63 Å². The van der Waals surface area contributed by atoms with Crippen LogP contribution in [0.4, 0.5) is 5.69 Å². The number of rotatable bonds is 7.